The summed E-state index contributed by atoms with van der Waals surface area (Å²) in [6.07, 6.45) is 2.94. The van der Waals surface area contributed by atoms with Gasteiger partial charge in [-0.25, -0.2) is 14.8 Å². The number of rotatable bonds is 6. The molecule has 2 aromatic rings. The summed E-state index contributed by atoms with van der Waals surface area (Å²) in [7, 11) is 1.32. The molecule has 6 heteroatoms. The summed E-state index contributed by atoms with van der Waals surface area (Å²) >= 11 is 6.27. The fraction of sp³-hybridized carbons (Fsp3) is 0.353. The first kappa shape index (κ1) is 15.7. The molecule has 0 atom stereocenters. The van der Waals surface area contributed by atoms with Crippen LogP contribution in [0.2, 0.25) is 5.02 Å². The van der Waals surface area contributed by atoms with E-state index in [1.165, 1.54) is 12.7 Å². The molecule has 1 aromatic heterocycles. The van der Waals surface area contributed by atoms with E-state index in [4.69, 9.17) is 16.3 Å². The highest BCUT2D eigenvalue weighted by Gasteiger charge is 2.30. The van der Waals surface area contributed by atoms with Crippen LogP contribution in [0, 0.1) is 0 Å². The third kappa shape index (κ3) is 3.79. The maximum absolute atomic E-state index is 11.9. The van der Waals surface area contributed by atoms with Crippen LogP contribution in [0.1, 0.15) is 40.6 Å². The van der Waals surface area contributed by atoms with Gasteiger partial charge in [-0.3, -0.25) is 0 Å². The van der Waals surface area contributed by atoms with Crippen molar-refractivity contribution in [2.24, 2.45) is 0 Å². The summed E-state index contributed by atoms with van der Waals surface area (Å²) in [6.45, 7) is 0.672. The molecule has 1 aliphatic rings. The third-order valence-corrected chi connectivity index (χ3v) is 4.10. The highest BCUT2D eigenvalue weighted by atomic mass is 35.5. The van der Waals surface area contributed by atoms with Crippen LogP contribution in [-0.4, -0.2) is 29.6 Å². The van der Waals surface area contributed by atoms with Crippen LogP contribution in [0.15, 0.2) is 30.3 Å². The van der Waals surface area contributed by atoms with E-state index >= 15 is 0 Å². The molecule has 1 aromatic carbocycles. The third-order valence-electron chi connectivity index (χ3n) is 3.74. The van der Waals surface area contributed by atoms with Crippen LogP contribution >= 0.6 is 11.6 Å². The van der Waals surface area contributed by atoms with E-state index in [0.29, 0.717) is 24.1 Å². The molecule has 1 N–H and O–H groups in total. The van der Waals surface area contributed by atoms with Crippen LogP contribution in [0.5, 0.6) is 0 Å². The highest BCUT2D eigenvalue weighted by Crippen LogP contribution is 2.39. The number of carbonyl (C=O) groups is 1. The lowest BCUT2D eigenvalue weighted by molar-refractivity contribution is 0.0593. The fourth-order valence-corrected chi connectivity index (χ4v) is 2.54. The van der Waals surface area contributed by atoms with E-state index in [1.807, 2.05) is 18.2 Å². The van der Waals surface area contributed by atoms with Crippen LogP contribution < -0.4 is 5.32 Å². The first-order valence-electron chi connectivity index (χ1n) is 7.62. The predicted molar refractivity (Wildman–Crippen MR) is 89.0 cm³/mol. The SMILES string of the molecule is COC(=O)c1nc(C2CC2)nc(NCCc2ccccc2)c1Cl. The summed E-state index contributed by atoms with van der Waals surface area (Å²) in [5.41, 5.74) is 1.36. The monoisotopic (exact) mass is 331 g/mol. The molecule has 1 aliphatic carbocycles. The number of nitrogens with one attached hydrogen (secondary N) is 1. The maximum atomic E-state index is 11.9. The van der Waals surface area contributed by atoms with Gasteiger partial charge in [-0.15, -0.1) is 0 Å². The lowest BCUT2D eigenvalue weighted by Crippen LogP contribution is -2.14. The minimum atomic E-state index is -0.537. The van der Waals surface area contributed by atoms with Gasteiger partial charge in [0.15, 0.2) is 5.69 Å². The van der Waals surface area contributed by atoms with E-state index in [2.05, 4.69) is 27.4 Å². The summed E-state index contributed by atoms with van der Waals surface area (Å²) in [5, 5.41) is 3.43. The van der Waals surface area contributed by atoms with Crippen molar-refractivity contribution in [3.63, 3.8) is 0 Å². The first-order chi connectivity index (χ1) is 11.2. The van der Waals surface area contributed by atoms with Gasteiger partial charge in [0, 0.05) is 12.5 Å². The first-order valence-corrected chi connectivity index (χ1v) is 8.00. The quantitative estimate of drug-likeness (QED) is 0.821. The zero-order valence-electron chi connectivity index (χ0n) is 12.9. The van der Waals surface area contributed by atoms with Gasteiger partial charge >= 0.3 is 5.97 Å². The summed E-state index contributed by atoms with van der Waals surface area (Å²) in [4.78, 5) is 20.6. The van der Waals surface area contributed by atoms with Gasteiger partial charge in [0.05, 0.1) is 7.11 Å². The van der Waals surface area contributed by atoms with Crippen LogP contribution in [0.3, 0.4) is 0 Å². The Bertz CT molecular complexity index is 702. The Labute approximate surface area is 140 Å². The number of carbonyl (C=O) groups excluding carboxylic acids is 1. The molecule has 0 saturated heterocycles. The topological polar surface area (TPSA) is 64.1 Å². The van der Waals surface area contributed by atoms with E-state index in [1.54, 1.807) is 0 Å². The van der Waals surface area contributed by atoms with Crippen LogP contribution in [0.25, 0.3) is 0 Å². The number of methoxy groups -OCH3 is 1. The molecular formula is C17H18ClN3O2. The van der Waals surface area contributed by atoms with E-state index < -0.39 is 5.97 Å². The van der Waals surface area contributed by atoms with E-state index in [-0.39, 0.29) is 10.7 Å². The zero-order valence-corrected chi connectivity index (χ0v) is 13.6. The largest absolute Gasteiger partial charge is 0.464 e. The van der Waals surface area contributed by atoms with Crippen molar-refractivity contribution in [3.05, 3.63) is 52.4 Å². The second kappa shape index (κ2) is 6.96. The number of esters is 1. The average molecular weight is 332 g/mol. The number of halogens is 1. The normalized spacial score (nSPS) is 13.7. The van der Waals surface area contributed by atoms with Crippen molar-refractivity contribution in [1.29, 1.82) is 0 Å². The minimum absolute atomic E-state index is 0.133. The van der Waals surface area contributed by atoms with Gasteiger partial charge < -0.3 is 10.1 Å². The molecule has 0 bridgehead atoms. The molecule has 1 fully saturated rings. The van der Waals surface area contributed by atoms with E-state index in [9.17, 15) is 4.79 Å². The Morgan fingerprint density at radius 1 is 1.30 bits per heavy atom. The molecule has 0 unspecified atom stereocenters. The second-order valence-corrected chi connectivity index (χ2v) is 5.90. The molecule has 0 aliphatic heterocycles. The number of aromatic nitrogens is 2. The van der Waals surface area contributed by atoms with Crippen LogP contribution in [0.4, 0.5) is 5.82 Å². The molecule has 5 nitrogen and oxygen atoms in total. The summed E-state index contributed by atoms with van der Waals surface area (Å²) in [6, 6.07) is 10.1. The Morgan fingerprint density at radius 3 is 2.70 bits per heavy atom. The molecule has 23 heavy (non-hydrogen) atoms. The molecule has 120 valence electrons. The van der Waals surface area contributed by atoms with Crippen molar-refractivity contribution in [3.8, 4) is 0 Å². The maximum Gasteiger partial charge on any atom is 0.358 e. The zero-order chi connectivity index (χ0) is 16.2. The molecule has 0 amide bonds. The van der Waals surface area contributed by atoms with Gasteiger partial charge in [0.25, 0.3) is 0 Å². The number of benzene rings is 1. The molecule has 0 spiro atoms. The lowest BCUT2D eigenvalue weighted by atomic mass is 10.1. The van der Waals surface area contributed by atoms with E-state index in [0.717, 1.165) is 19.3 Å². The second-order valence-electron chi connectivity index (χ2n) is 5.52. The molecule has 3 rings (SSSR count). The fourth-order valence-electron chi connectivity index (χ4n) is 2.31. The van der Waals surface area contributed by atoms with Gasteiger partial charge in [-0.1, -0.05) is 41.9 Å². The van der Waals surface area contributed by atoms with Gasteiger partial charge in [-0.2, -0.15) is 0 Å². The number of anilines is 1. The van der Waals surface area contributed by atoms with Gasteiger partial charge in [-0.05, 0) is 24.8 Å². The van der Waals surface area contributed by atoms with Crippen LogP contribution in [-0.2, 0) is 11.2 Å². The predicted octanol–water partition coefficient (Wildman–Crippen LogP) is 3.45. The Kier molecular flexibility index (Phi) is 4.76. The Morgan fingerprint density at radius 2 is 2.04 bits per heavy atom. The van der Waals surface area contributed by atoms with Crippen molar-refractivity contribution in [1.82, 2.24) is 9.97 Å². The Balaban J connectivity index is 1.77. The van der Waals surface area contributed by atoms with Crippen molar-refractivity contribution >= 4 is 23.4 Å². The van der Waals surface area contributed by atoms with Crippen molar-refractivity contribution in [2.75, 3.05) is 19.0 Å². The molecule has 1 heterocycles. The standard InChI is InChI=1S/C17H18ClN3O2/c1-23-17(22)14-13(18)16(21-15(20-14)12-7-8-12)19-10-9-11-5-3-2-4-6-11/h2-6,12H,7-10H2,1H3,(H,19,20,21). The minimum Gasteiger partial charge on any atom is -0.464 e. The average Bonchev–Trinajstić information content (AvgIpc) is 3.41. The molecular weight excluding hydrogens is 314 g/mol. The number of hydrogen-bond donors (Lipinski definition) is 1. The summed E-state index contributed by atoms with van der Waals surface area (Å²) < 4.78 is 4.76. The molecule has 1 saturated carbocycles. The van der Waals surface area contributed by atoms with Gasteiger partial charge in [0.1, 0.15) is 16.7 Å². The lowest BCUT2D eigenvalue weighted by Gasteiger charge is -2.11. The van der Waals surface area contributed by atoms with Crippen molar-refractivity contribution in [2.45, 2.75) is 25.2 Å². The smallest absolute Gasteiger partial charge is 0.358 e. The Hall–Kier alpha value is -2.14. The number of nitrogens with zero attached hydrogens (tertiary/aromatic N) is 2. The van der Waals surface area contributed by atoms with Gasteiger partial charge in [0.2, 0.25) is 0 Å². The number of hydrogen-bond acceptors (Lipinski definition) is 5. The summed E-state index contributed by atoms with van der Waals surface area (Å²) in [5.74, 6) is 0.952. The molecule has 0 radical (unpaired) electrons. The number of ether oxygens (including phenoxy) is 1. The van der Waals surface area contributed by atoms with Crippen molar-refractivity contribution < 1.29 is 9.53 Å². The highest BCUT2D eigenvalue weighted by molar-refractivity contribution is 6.35.